The normalized spacial score (nSPS) is 12.6. The third kappa shape index (κ3) is 4.02. The van der Waals surface area contributed by atoms with Crippen LogP contribution in [0, 0.1) is 0 Å². The number of anilines is 1. The van der Waals surface area contributed by atoms with E-state index in [1.807, 2.05) is 24.3 Å². The molecular formula is C17H21NOS. The van der Waals surface area contributed by atoms with Crippen LogP contribution in [0.1, 0.15) is 37.0 Å². The first-order valence-electron chi connectivity index (χ1n) is 6.82. The van der Waals surface area contributed by atoms with Crippen molar-refractivity contribution >= 4 is 17.4 Å². The fraction of sp³-hybridized carbons (Fsp3) is 0.294. The highest BCUT2D eigenvalue weighted by Gasteiger charge is 2.08. The van der Waals surface area contributed by atoms with Gasteiger partial charge in [-0.25, -0.2) is 0 Å². The third-order valence-electron chi connectivity index (χ3n) is 3.28. The van der Waals surface area contributed by atoms with Gasteiger partial charge in [0.25, 0.3) is 0 Å². The van der Waals surface area contributed by atoms with E-state index in [2.05, 4.69) is 38.1 Å². The first kappa shape index (κ1) is 14.9. The van der Waals surface area contributed by atoms with Crippen molar-refractivity contribution in [3.63, 3.8) is 0 Å². The smallest absolute Gasteiger partial charge is 0.0883 e. The summed E-state index contributed by atoms with van der Waals surface area (Å²) < 4.78 is 0. The molecule has 106 valence electrons. The summed E-state index contributed by atoms with van der Waals surface area (Å²) in [7, 11) is 0. The molecule has 0 aliphatic carbocycles. The van der Waals surface area contributed by atoms with E-state index in [0.717, 1.165) is 11.3 Å². The van der Waals surface area contributed by atoms with Crippen molar-refractivity contribution in [3.8, 4) is 0 Å². The molecule has 0 saturated heterocycles. The molecule has 20 heavy (non-hydrogen) atoms. The van der Waals surface area contributed by atoms with Crippen molar-refractivity contribution in [1.29, 1.82) is 0 Å². The van der Waals surface area contributed by atoms with Gasteiger partial charge in [0.1, 0.15) is 0 Å². The van der Waals surface area contributed by atoms with Gasteiger partial charge in [0.15, 0.2) is 0 Å². The molecule has 1 atom stereocenters. The molecule has 2 rings (SSSR count). The van der Waals surface area contributed by atoms with Crippen LogP contribution in [0.5, 0.6) is 0 Å². The Morgan fingerprint density at radius 2 is 1.50 bits per heavy atom. The second-order valence-electron chi connectivity index (χ2n) is 5.22. The Balaban J connectivity index is 1.92. The average Bonchev–Trinajstić information content (AvgIpc) is 2.46. The summed E-state index contributed by atoms with van der Waals surface area (Å²) >= 11 is 1.67. The Hall–Kier alpha value is -1.45. The van der Waals surface area contributed by atoms with Crippen LogP contribution in [0.25, 0.3) is 0 Å². The number of aliphatic hydroxyl groups excluding tert-OH is 1. The highest BCUT2D eigenvalue weighted by Crippen LogP contribution is 2.26. The zero-order chi connectivity index (χ0) is 14.5. The first-order chi connectivity index (χ1) is 9.56. The lowest BCUT2D eigenvalue weighted by atomic mass is 10.0. The fourth-order valence-electron chi connectivity index (χ4n) is 1.94. The number of nitrogen functional groups attached to an aromatic ring is 1. The van der Waals surface area contributed by atoms with Gasteiger partial charge in [0, 0.05) is 16.3 Å². The quantitative estimate of drug-likeness (QED) is 0.639. The lowest BCUT2D eigenvalue weighted by molar-refractivity contribution is 0.204. The van der Waals surface area contributed by atoms with Crippen molar-refractivity contribution in [1.82, 2.24) is 0 Å². The van der Waals surface area contributed by atoms with Gasteiger partial charge in [-0.1, -0.05) is 38.1 Å². The maximum absolute atomic E-state index is 10.2. The van der Waals surface area contributed by atoms with Crippen LogP contribution >= 0.6 is 11.8 Å². The number of nitrogens with two attached hydrogens (primary N) is 1. The summed E-state index contributed by atoms with van der Waals surface area (Å²) in [6.07, 6.45) is -0.467. The van der Waals surface area contributed by atoms with E-state index in [-0.39, 0.29) is 0 Å². The molecule has 0 aliphatic heterocycles. The Kier molecular flexibility index (Phi) is 5.10. The predicted octanol–water partition coefficient (Wildman–Crippen LogP) is 4.22. The van der Waals surface area contributed by atoms with Crippen LogP contribution in [0.15, 0.2) is 53.4 Å². The van der Waals surface area contributed by atoms with Crippen molar-refractivity contribution < 1.29 is 5.11 Å². The predicted molar refractivity (Wildman–Crippen MR) is 87.1 cm³/mol. The standard InChI is InChI=1S/C17H21NOS/c1-12(2)13-5-9-16(10-6-13)20-11-17(19)14-3-7-15(18)8-4-14/h3-10,12,17,19H,11,18H2,1-2H3. The molecule has 2 nitrogen and oxygen atoms in total. The second-order valence-corrected chi connectivity index (χ2v) is 6.31. The molecule has 2 aromatic rings. The van der Waals surface area contributed by atoms with E-state index < -0.39 is 6.10 Å². The van der Waals surface area contributed by atoms with Gasteiger partial charge in [-0.05, 0) is 41.3 Å². The van der Waals surface area contributed by atoms with Crippen molar-refractivity contribution in [2.45, 2.75) is 30.8 Å². The molecule has 0 saturated carbocycles. The highest BCUT2D eigenvalue weighted by molar-refractivity contribution is 7.99. The topological polar surface area (TPSA) is 46.2 Å². The van der Waals surface area contributed by atoms with Gasteiger partial charge in [-0.3, -0.25) is 0 Å². The number of aliphatic hydroxyl groups is 1. The van der Waals surface area contributed by atoms with Gasteiger partial charge < -0.3 is 10.8 Å². The maximum Gasteiger partial charge on any atom is 0.0883 e. The van der Waals surface area contributed by atoms with E-state index >= 15 is 0 Å². The summed E-state index contributed by atoms with van der Waals surface area (Å²) in [6.45, 7) is 4.38. The highest BCUT2D eigenvalue weighted by atomic mass is 32.2. The third-order valence-corrected chi connectivity index (χ3v) is 4.36. The lowest BCUT2D eigenvalue weighted by Crippen LogP contribution is -2.00. The van der Waals surface area contributed by atoms with Gasteiger partial charge in [-0.15, -0.1) is 11.8 Å². The summed E-state index contributed by atoms with van der Waals surface area (Å²) in [4.78, 5) is 1.18. The van der Waals surface area contributed by atoms with E-state index in [0.29, 0.717) is 11.7 Å². The van der Waals surface area contributed by atoms with E-state index in [1.165, 1.54) is 10.5 Å². The molecule has 3 N–H and O–H groups in total. The molecule has 0 heterocycles. The van der Waals surface area contributed by atoms with Crippen LogP contribution in [-0.2, 0) is 0 Å². The summed E-state index contributed by atoms with van der Waals surface area (Å²) in [5, 5.41) is 10.2. The van der Waals surface area contributed by atoms with Crippen molar-refractivity contribution in [2.24, 2.45) is 0 Å². The summed E-state index contributed by atoms with van der Waals surface area (Å²) in [5.41, 5.74) is 8.61. The van der Waals surface area contributed by atoms with Crippen LogP contribution in [0.4, 0.5) is 5.69 Å². The number of hydrogen-bond acceptors (Lipinski definition) is 3. The van der Waals surface area contributed by atoms with Crippen LogP contribution in [0.2, 0.25) is 0 Å². The van der Waals surface area contributed by atoms with Gasteiger partial charge in [-0.2, -0.15) is 0 Å². The minimum absolute atomic E-state index is 0.467. The Bertz CT molecular complexity index is 534. The molecule has 0 aliphatic rings. The second kappa shape index (κ2) is 6.82. The zero-order valence-corrected chi connectivity index (χ0v) is 12.7. The van der Waals surface area contributed by atoms with Crippen molar-refractivity contribution in [2.75, 3.05) is 11.5 Å². The molecule has 0 aromatic heterocycles. The molecular weight excluding hydrogens is 266 g/mol. The molecule has 0 amide bonds. The Morgan fingerprint density at radius 1 is 0.950 bits per heavy atom. The molecule has 0 spiro atoms. The number of rotatable bonds is 5. The molecule has 0 radical (unpaired) electrons. The first-order valence-corrected chi connectivity index (χ1v) is 7.81. The largest absolute Gasteiger partial charge is 0.399 e. The Morgan fingerprint density at radius 3 is 2.05 bits per heavy atom. The zero-order valence-electron chi connectivity index (χ0n) is 11.9. The SMILES string of the molecule is CC(C)c1ccc(SCC(O)c2ccc(N)cc2)cc1. The van der Waals surface area contributed by atoms with Gasteiger partial charge in [0.2, 0.25) is 0 Å². The number of hydrogen-bond donors (Lipinski definition) is 2. The molecule has 0 bridgehead atoms. The Labute approximate surface area is 125 Å². The summed E-state index contributed by atoms with van der Waals surface area (Å²) in [6, 6.07) is 15.9. The van der Waals surface area contributed by atoms with Gasteiger partial charge >= 0.3 is 0 Å². The molecule has 2 aromatic carbocycles. The average molecular weight is 287 g/mol. The maximum atomic E-state index is 10.2. The van der Waals surface area contributed by atoms with Crippen LogP contribution in [-0.4, -0.2) is 10.9 Å². The monoisotopic (exact) mass is 287 g/mol. The van der Waals surface area contributed by atoms with E-state index in [9.17, 15) is 5.11 Å². The lowest BCUT2D eigenvalue weighted by Gasteiger charge is -2.11. The molecule has 1 unspecified atom stereocenters. The van der Waals surface area contributed by atoms with Crippen molar-refractivity contribution in [3.05, 3.63) is 59.7 Å². The number of benzene rings is 2. The molecule has 3 heteroatoms. The summed E-state index contributed by atoms with van der Waals surface area (Å²) in [5.74, 6) is 1.19. The van der Waals surface area contributed by atoms with Crippen LogP contribution in [0.3, 0.4) is 0 Å². The van der Waals surface area contributed by atoms with E-state index in [4.69, 9.17) is 5.73 Å². The number of thioether (sulfide) groups is 1. The minimum Gasteiger partial charge on any atom is -0.399 e. The van der Waals surface area contributed by atoms with Crippen LogP contribution < -0.4 is 5.73 Å². The molecule has 0 fully saturated rings. The van der Waals surface area contributed by atoms with Gasteiger partial charge in [0.05, 0.1) is 6.10 Å². The minimum atomic E-state index is -0.467. The fourth-order valence-corrected chi connectivity index (χ4v) is 2.81. The van der Waals surface area contributed by atoms with E-state index in [1.54, 1.807) is 11.8 Å².